The molecular weight excluding hydrogens is 448 g/mol. The molecule has 3 N–H and O–H groups in total. The molecule has 170 valence electrons. The summed E-state index contributed by atoms with van der Waals surface area (Å²) in [5.74, 6) is -0.265. The van der Waals surface area contributed by atoms with E-state index in [0.717, 1.165) is 28.8 Å². The lowest BCUT2D eigenvalue weighted by atomic mass is 9.95. The molecule has 0 atom stereocenters. The average molecular weight is 468 g/mol. The lowest BCUT2D eigenvalue weighted by Gasteiger charge is -2.15. The van der Waals surface area contributed by atoms with Crippen LogP contribution in [0.5, 0.6) is 23.0 Å². The third-order valence-corrected chi connectivity index (χ3v) is 5.14. The summed E-state index contributed by atoms with van der Waals surface area (Å²) in [5, 5.41) is 10.1. The molecule has 0 bridgehead atoms. The summed E-state index contributed by atoms with van der Waals surface area (Å²) in [7, 11) is -4.68. The molecule has 0 unspecified atom stereocenters. The fraction of sp³-hybridized carbons (Fsp3) is 0.182. The number of aromatic hydroxyl groups is 1. The van der Waals surface area contributed by atoms with Crippen molar-refractivity contribution in [3.05, 3.63) is 82.4 Å². The third-order valence-electron chi connectivity index (χ3n) is 4.69. The largest absolute Gasteiger partial charge is 0.524 e. The summed E-state index contributed by atoms with van der Waals surface area (Å²) < 4.78 is 60.0. The Morgan fingerprint density at radius 2 is 1.59 bits per heavy atom. The number of hydrogen-bond acceptors (Lipinski definition) is 4. The molecule has 0 radical (unpaired) electrons. The molecular formula is C22H20F3O6P. The molecule has 10 heteroatoms. The van der Waals surface area contributed by atoms with Gasteiger partial charge in [0.25, 0.3) is 0 Å². The van der Waals surface area contributed by atoms with Crippen molar-refractivity contribution < 1.29 is 41.9 Å². The molecule has 3 rings (SSSR count). The highest BCUT2D eigenvalue weighted by Crippen LogP contribution is 2.39. The number of hydrogen-bond donors (Lipinski definition) is 3. The number of halogens is 3. The van der Waals surface area contributed by atoms with Gasteiger partial charge in [0, 0.05) is 0 Å². The van der Waals surface area contributed by atoms with Crippen LogP contribution in [0.25, 0.3) is 0 Å². The fourth-order valence-electron chi connectivity index (χ4n) is 3.24. The Kier molecular flexibility index (Phi) is 6.55. The van der Waals surface area contributed by atoms with Crippen molar-refractivity contribution >= 4 is 7.82 Å². The van der Waals surface area contributed by atoms with Crippen LogP contribution in [-0.2, 0) is 17.2 Å². The highest BCUT2D eigenvalue weighted by molar-refractivity contribution is 7.46. The van der Waals surface area contributed by atoms with Gasteiger partial charge in [-0.1, -0.05) is 12.1 Å². The van der Waals surface area contributed by atoms with E-state index in [1.807, 2.05) is 0 Å². The summed E-state index contributed by atoms with van der Waals surface area (Å²) in [4.78, 5) is 18.0. The highest BCUT2D eigenvalue weighted by Gasteiger charge is 2.30. The molecule has 6 nitrogen and oxygen atoms in total. The summed E-state index contributed by atoms with van der Waals surface area (Å²) in [6, 6.07) is 11.9. The molecule has 3 aromatic rings. The first kappa shape index (κ1) is 23.7. The van der Waals surface area contributed by atoms with Gasteiger partial charge in [-0.3, -0.25) is 9.79 Å². The Morgan fingerprint density at radius 3 is 2.19 bits per heavy atom. The Morgan fingerprint density at radius 1 is 0.938 bits per heavy atom. The van der Waals surface area contributed by atoms with Crippen LogP contribution < -0.4 is 9.26 Å². The first-order chi connectivity index (χ1) is 14.8. The lowest BCUT2D eigenvalue weighted by molar-refractivity contribution is -0.137. The van der Waals surface area contributed by atoms with Crippen LogP contribution in [-0.4, -0.2) is 14.9 Å². The molecule has 0 aromatic heterocycles. The SMILES string of the molecule is Cc1cc(OP(=O)(O)O)cc(C)c1Cc1ccc(O)c(Oc2cccc(C(F)(F)F)c2)c1. The number of ether oxygens (including phenoxy) is 1. The van der Waals surface area contributed by atoms with Gasteiger partial charge in [-0.2, -0.15) is 13.2 Å². The maximum atomic E-state index is 12.9. The van der Waals surface area contributed by atoms with Gasteiger partial charge in [0.15, 0.2) is 11.5 Å². The minimum atomic E-state index is -4.68. The highest BCUT2D eigenvalue weighted by atomic mass is 31.2. The fourth-order valence-corrected chi connectivity index (χ4v) is 3.62. The molecule has 0 spiro atoms. The predicted octanol–water partition coefficient (Wildman–Crippen LogP) is 5.88. The van der Waals surface area contributed by atoms with E-state index >= 15 is 0 Å². The Bertz CT molecular complexity index is 1160. The molecule has 0 amide bonds. The monoisotopic (exact) mass is 468 g/mol. The van der Waals surface area contributed by atoms with Crippen LogP contribution in [0.2, 0.25) is 0 Å². The molecule has 0 aliphatic carbocycles. The number of aryl methyl sites for hydroxylation is 2. The van der Waals surface area contributed by atoms with E-state index in [9.17, 15) is 22.8 Å². The van der Waals surface area contributed by atoms with Gasteiger partial charge in [-0.15, -0.1) is 0 Å². The first-order valence-corrected chi connectivity index (χ1v) is 10.9. The van der Waals surface area contributed by atoms with Crippen molar-refractivity contribution in [3.8, 4) is 23.0 Å². The van der Waals surface area contributed by atoms with Crippen molar-refractivity contribution in [1.82, 2.24) is 0 Å². The van der Waals surface area contributed by atoms with Gasteiger partial charge >= 0.3 is 14.0 Å². The van der Waals surface area contributed by atoms with Crippen molar-refractivity contribution in [2.24, 2.45) is 0 Å². The van der Waals surface area contributed by atoms with E-state index in [0.29, 0.717) is 12.0 Å². The summed E-state index contributed by atoms with van der Waals surface area (Å²) >= 11 is 0. The van der Waals surface area contributed by atoms with Gasteiger partial charge in [0.05, 0.1) is 5.56 Å². The molecule has 0 heterocycles. The van der Waals surface area contributed by atoms with Crippen LogP contribution in [0, 0.1) is 13.8 Å². The summed E-state index contributed by atoms with van der Waals surface area (Å²) in [6.07, 6.45) is -4.14. The molecule has 0 aliphatic heterocycles. The minimum Gasteiger partial charge on any atom is -0.504 e. The second-order valence-corrected chi connectivity index (χ2v) is 8.39. The molecule has 32 heavy (non-hydrogen) atoms. The maximum Gasteiger partial charge on any atom is 0.524 e. The number of benzene rings is 3. The van der Waals surface area contributed by atoms with E-state index in [1.54, 1.807) is 19.9 Å². The topological polar surface area (TPSA) is 96.2 Å². The zero-order valence-corrected chi connectivity index (χ0v) is 17.9. The van der Waals surface area contributed by atoms with Gasteiger partial charge in [0.1, 0.15) is 11.5 Å². The van der Waals surface area contributed by atoms with E-state index in [-0.39, 0.29) is 23.0 Å². The standard InChI is InChI=1S/C22H20F3O6P/c1-13-8-18(31-32(27,28)29)9-14(2)19(13)10-15-6-7-20(26)21(11-15)30-17-5-3-4-16(12-17)22(23,24)25/h3-9,11-12,26H,10H2,1-2H3,(H2,27,28,29). The summed E-state index contributed by atoms with van der Waals surface area (Å²) in [6.45, 7) is 3.52. The molecule has 0 saturated heterocycles. The Balaban J connectivity index is 1.86. The van der Waals surface area contributed by atoms with E-state index in [2.05, 4.69) is 4.52 Å². The number of phosphoric ester groups is 1. The molecule has 0 aliphatic rings. The van der Waals surface area contributed by atoms with Crippen LogP contribution in [0.1, 0.15) is 27.8 Å². The second kappa shape index (κ2) is 8.86. The van der Waals surface area contributed by atoms with Gasteiger partial charge in [-0.05, 0) is 85.0 Å². The van der Waals surface area contributed by atoms with Crippen LogP contribution in [0.4, 0.5) is 13.2 Å². The first-order valence-electron chi connectivity index (χ1n) is 9.34. The number of phenols is 1. The van der Waals surface area contributed by atoms with E-state index in [1.165, 1.54) is 36.4 Å². The quantitative estimate of drug-likeness (QED) is 0.391. The normalized spacial score (nSPS) is 12.0. The molecule has 3 aromatic carbocycles. The van der Waals surface area contributed by atoms with Crippen molar-refractivity contribution in [2.75, 3.05) is 0 Å². The molecule has 0 saturated carbocycles. The Labute approximate surface area is 182 Å². The van der Waals surface area contributed by atoms with Crippen molar-refractivity contribution in [3.63, 3.8) is 0 Å². The summed E-state index contributed by atoms with van der Waals surface area (Å²) in [5.41, 5.74) is 2.15. The van der Waals surface area contributed by atoms with Crippen LogP contribution >= 0.6 is 7.82 Å². The van der Waals surface area contributed by atoms with Crippen molar-refractivity contribution in [1.29, 1.82) is 0 Å². The predicted molar refractivity (Wildman–Crippen MR) is 111 cm³/mol. The van der Waals surface area contributed by atoms with Crippen molar-refractivity contribution in [2.45, 2.75) is 26.4 Å². The maximum absolute atomic E-state index is 12.9. The average Bonchev–Trinajstić information content (AvgIpc) is 2.65. The van der Waals surface area contributed by atoms with E-state index < -0.39 is 19.6 Å². The number of phenolic OH excluding ortho intramolecular Hbond substituents is 1. The van der Waals surface area contributed by atoms with E-state index in [4.69, 9.17) is 14.5 Å². The van der Waals surface area contributed by atoms with Crippen LogP contribution in [0.15, 0.2) is 54.6 Å². The van der Waals surface area contributed by atoms with Gasteiger partial charge < -0.3 is 14.4 Å². The molecule has 0 fully saturated rings. The number of alkyl halides is 3. The number of rotatable bonds is 6. The lowest BCUT2D eigenvalue weighted by Crippen LogP contribution is -2.04. The van der Waals surface area contributed by atoms with Gasteiger partial charge in [0.2, 0.25) is 0 Å². The number of phosphoric acid groups is 1. The second-order valence-electron chi connectivity index (χ2n) is 7.22. The Hall–Kier alpha value is -3.00. The van der Waals surface area contributed by atoms with Crippen LogP contribution in [0.3, 0.4) is 0 Å². The third kappa shape index (κ3) is 6.03. The zero-order chi connectivity index (χ0) is 23.7. The minimum absolute atomic E-state index is 0.00131. The van der Waals surface area contributed by atoms with Gasteiger partial charge in [-0.25, -0.2) is 4.57 Å². The smallest absolute Gasteiger partial charge is 0.504 e. The zero-order valence-electron chi connectivity index (χ0n) is 17.1.